The molecule has 0 radical (unpaired) electrons. The van der Waals surface area contributed by atoms with Gasteiger partial charge in [-0.2, -0.15) is 18.3 Å². The maximum Gasteiger partial charge on any atom is 0.511 e. The van der Waals surface area contributed by atoms with Gasteiger partial charge in [0, 0.05) is 6.20 Å². The third kappa shape index (κ3) is 2.45. The zero-order valence-electron chi connectivity index (χ0n) is 6.67. The molecule has 0 aliphatic rings. The number of nitrogens with one attached hydrogen (secondary N) is 2. The second-order valence-corrected chi connectivity index (χ2v) is 4.11. The third-order valence-corrected chi connectivity index (χ3v) is 2.45. The Morgan fingerprint density at radius 1 is 1.50 bits per heavy atom. The van der Waals surface area contributed by atoms with E-state index in [9.17, 15) is 21.6 Å². The number of rotatable bonds is 3. The number of aromatic amines is 1. The topological polar surface area (TPSA) is 74.8 Å². The van der Waals surface area contributed by atoms with Crippen molar-refractivity contribution in [2.75, 3.05) is 0 Å². The minimum absolute atomic E-state index is 0.248. The van der Waals surface area contributed by atoms with Gasteiger partial charge < -0.3 is 0 Å². The van der Waals surface area contributed by atoms with Crippen molar-refractivity contribution in [2.24, 2.45) is 0 Å². The summed E-state index contributed by atoms with van der Waals surface area (Å²) in [6, 6.07) is 1.36. The molecule has 0 aliphatic carbocycles. The van der Waals surface area contributed by atoms with Crippen LogP contribution in [-0.4, -0.2) is 24.1 Å². The molecule has 1 rings (SSSR count). The lowest BCUT2D eigenvalue weighted by Gasteiger charge is -2.07. The van der Waals surface area contributed by atoms with Crippen molar-refractivity contribution in [1.82, 2.24) is 14.9 Å². The minimum Gasteiger partial charge on any atom is -0.281 e. The zero-order chi connectivity index (χ0) is 10.8. The fraction of sp³-hybridized carbons (Fsp3) is 0.400. The lowest BCUT2D eigenvalue weighted by atomic mass is 10.4. The number of hydrogen-bond donors (Lipinski definition) is 2. The summed E-state index contributed by atoms with van der Waals surface area (Å²) in [5.41, 5.74) is -5.04. The molecule has 1 aromatic rings. The molecule has 0 fully saturated rings. The third-order valence-electron chi connectivity index (χ3n) is 1.32. The molecule has 0 aliphatic heterocycles. The molecule has 0 amide bonds. The van der Waals surface area contributed by atoms with E-state index in [0.29, 0.717) is 0 Å². The van der Waals surface area contributed by atoms with Crippen LogP contribution in [0, 0.1) is 0 Å². The average Bonchev–Trinajstić information content (AvgIpc) is 2.50. The number of H-pyrrole nitrogens is 1. The van der Waals surface area contributed by atoms with Crippen LogP contribution in [0.25, 0.3) is 0 Å². The van der Waals surface area contributed by atoms with E-state index in [1.807, 2.05) is 0 Å². The van der Waals surface area contributed by atoms with Gasteiger partial charge in [-0.15, -0.1) is 0 Å². The predicted octanol–water partition coefficient (Wildman–Crippen LogP) is 0.349. The molecular formula is C5H6F3N3O2S. The van der Waals surface area contributed by atoms with Gasteiger partial charge in [0.1, 0.15) is 0 Å². The van der Waals surface area contributed by atoms with Gasteiger partial charge in [0.05, 0.1) is 12.2 Å². The van der Waals surface area contributed by atoms with E-state index in [4.69, 9.17) is 0 Å². The Morgan fingerprint density at radius 2 is 2.14 bits per heavy atom. The van der Waals surface area contributed by atoms with Crippen LogP contribution in [0.4, 0.5) is 13.2 Å². The van der Waals surface area contributed by atoms with Crippen molar-refractivity contribution in [3.8, 4) is 0 Å². The quantitative estimate of drug-likeness (QED) is 0.785. The fourth-order valence-electron chi connectivity index (χ4n) is 0.638. The second-order valence-electron chi connectivity index (χ2n) is 2.35. The monoisotopic (exact) mass is 229 g/mol. The molecule has 0 atom stereocenters. The molecule has 0 unspecified atom stereocenters. The molecule has 2 N–H and O–H groups in total. The molecule has 5 nitrogen and oxygen atoms in total. The molecule has 14 heavy (non-hydrogen) atoms. The lowest BCUT2D eigenvalue weighted by Crippen LogP contribution is -2.36. The Morgan fingerprint density at radius 3 is 2.57 bits per heavy atom. The maximum atomic E-state index is 11.8. The predicted molar refractivity (Wildman–Crippen MR) is 40.4 cm³/mol. The molecule has 1 aromatic heterocycles. The van der Waals surface area contributed by atoms with E-state index in [2.05, 4.69) is 10.2 Å². The molecule has 0 saturated heterocycles. The highest BCUT2D eigenvalue weighted by atomic mass is 32.2. The summed E-state index contributed by atoms with van der Waals surface area (Å²) < 4.78 is 57.7. The largest absolute Gasteiger partial charge is 0.511 e. The van der Waals surface area contributed by atoms with E-state index in [1.54, 1.807) is 0 Å². The fourth-order valence-corrected chi connectivity index (χ4v) is 1.15. The molecule has 0 spiro atoms. The summed E-state index contributed by atoms with van der Waals surface area (Å²) in [5.74, 6) is 0. The zero-order valence-corrected chi connectivity index (χ0v) is 7.48. The van der Waals surface area contributed by atoms with Gasteiger partial charge in [0.2, 0.25) is 0 Å². The minimum atomic E-state index is -5.28. The normalized spacial score (nSPS) is 13.1. The van der Waals surface area contributed by atoms with Gasteiger partial charge in [-0.1, -0.05) is 0 Å². The SMILES string of the molecule is O=S(=O)(NCc1ccn[nH]1)C(F)(F)F. The molecule has 80 valence electrons. The highest BCUT2D eigenvalue weighted by molar-refractivity contribution is 7.90. The standard InChI is InChI=1S/C5H6F3N3O2S/c6-5(7,8)14(12,13)10-3-4-1-2-9-11-4/h1-2,10H,3H2,(H,9,11). The van der Waals surface area contributed by atoms with Crippen LogP contribution in [0.15, 0.2) is 12.3 Å². The first-order valence-corrected chi connectivity index (χ1v) is 4.85. The first-order chi connectivity index (χ1) is 6.33. The summed E-state index contributed by atoms with van der Waals surface area (Å²) in [6.07, 6.45) is 1.30. The Balaban J connectivity index is 2.63. The number of aromatic nitrogens is 2. The van der Waals surface area contributed by atoms with Gasteiger partial charge in [-0.3, -0.25) is 5.10 Å². The van der Waals surface area contributed by atoms with Crippen molar-refractivity contribution in [1.29, 1.82) is 0 Å². The van der Waals surface area contributed by atoms with Gasteiger partial charge >= 0.3 is 15.5 Å². The van der Waals surface area contributed by atoms with E-state index in [0.717, 1.165) is 0 Å². The summed E-state index contributed by atoms with van der Waals surface area (Å²) in [4.78, 5) is 0. The first kappa shape index (κ1) is 11.0. The van der Waals surface area contributed by atoms with Crippen molar-refractivity contribution >= 4 is 10.0 Å². The smallest absolute Gasteiger partial charge is 0.281 e. The van der Waals surface area contributed by atoms with E-state index in [1.165, 1.54) is 17.0 Å². The first-order valence-electron chi connectivity index (χ1n) is 3.37. The van der Waals surface area contributed by atoms with Gasteiger partial charge in [-0.05, 0) is 6.07 Å². The molecular weight excluding hydrogens is 223 g/mol. The van der Waals surface area contributed by atoms with Crippen LogP contribution in [0.1, 0.15) is 5.69 Å². The van der Waals surface area contributed by atoms with Crippen LogP contribution >= 0.6 is 0 Å². The summed E-state index contributed by atoms with van der Waals surface area (Å²) in [7, 11) is -5.27. The van der Waals surface area contributed by atoms with Crippen LogP contribution in [0.3, 0.4) is 0 Å². The van der Waals surface area contributed by atoms with E-state index >= 15 is 0 Å². The second kappa shape index (κ2) is 3.58. The van der Waals surface area contributed by atoms with Gasteiger partial charge in [-0.25, -0.2) is 13.1 Å². The summed E-state index contributed by atoms with van der Waals surface area (Å²) in [6.45, 7) is -0.470. The number of halogens is 3. The lowest BCUT2D eigenvalue weighted by molar-refractivity contribution is -0.0448. The van der Waals surface area contributed by atoms with Gasteiger partial charge in [0.15, 0.2) is 0 Å². The number of alkyl halides is 3. The maximum absolute atomic E-state index is 11.8. The number of sulfonamides is 1. The van der Waals surface area contributed by atoms with Crippen LogP contribution in [0.2, 0.25) is 0 Å². The van der Waals surface area contributed by atoms with Crippen molar-refractivity contribution in [3.05, 3.63) is 18.0 Å². The van der Waals surface area contributed by atoms with Crippen molar-refractivity contribution in [3.63, 3.8) is 0 Å². The Kier molecular flexibility index (Phi) is 2.81. The van der Waals surface area contributed by atoms with Crippen LogP contribution in [-0.2, 0) is 16.6 Å². The van der Waals surface area contributed by atoms with Crippen molar-refractivity contribution < 1.29 is 21.6 Å². The molecule has 0 aromatic carbocycles. The molecule has 9 heteroatoms. The molecule has 0 bridgehead atoms. The van der Waals surface area contributed by atoms with Gasteiger partial charge in [0.25, 0.3) is 0 Å². The average molecular weight is 229 g/mol. The van der Waals surface area contributed by atoms with E-state index in [-0.39, 0.29) is 5.69 Å². The Bertz CT molecular complexity index is 383. The summed E-state index contributed by atoms with van der Waals surface area (Å²) in [5, 5.41) is 5.76. The number of nitrogens with zero attached hydrogens (tertiary/aromatic N) is 1. The Labute approximate surface area is 77.4 Å². The highest BCUT2D eigenvalue weighted by Gasteiger charge is 2.45. The molecule has 0 saturated carbocycles. The van der Waals surface area contributed by atoms with E-state index < -0.39 is 22.1 Å². The summed E-state index contributed by atoms with van der Waals surface area (Å²) >= 11 is 0. The van der Waals surface area contributed by atoms with Crippen molar-refractivity contribution in [2.45, 2.75) is 12.1 Å². The molecule has 1 heterocycles. The Hall–Kier alpha value is -1.09. The van der Waals surface area contributed by atoms with Crippen LogP contribution in [0.5, 0.6) is 0 Å². The highest BCUT2D eigenvalue weighted by Crippen LogP contribution is 2.21. The van der Waals surface area contributed by atoms with Crippen LogP contribution < -0.4 is 4.72 Å². The number of hydrogen-bond acceptors (Lipinski definition) is 3.